The van der Waals surface area contributed by atoms with Crippen LogP contribution in [-0.2, 0) is 15.7 Å². The molecule has 0 unspecified atom stereocenters. The van der Waals surface area contributed by atoms with E-state index in [1.807, 2.05) is 22.6 Å². The number of nitrogens with zero attached hydrogens (tertiary/aromatic N) is 1. The van der Waals surface area contributed by atoms with Gasteiger partial charge in [0.25, 0.3) is 0 Å². The van der Waals surface area contributed by atoms with Gasteiger partial charge in [0.15, 0.2) is 5.78 Å². The second-order valence-corrected chi connectivity index (χ2v) is 6.53. The van der Waals surface area contributed by atoms with Gasteiger partial charge in [-0.3, -0.25) is 4.79 Å². The Morgan fingerprint density at radius 3 is 2.83 bits per heavy atom. The summed E-state index contributed by atoms with van der Waals surface area (Å²) in [5.41, 5.74) is -0.770. The van der Waals surface area contributed by atoms with Crippen LogP contribution in [-0.4, -0.2) is 42.0 Å². The lowest BCUT2D eigenvalue weighted by atomic mass is 10.1. The third-order valence-corrected chi connectivity index (χ3v) is 4.85. The summed E-state index contributed by atoms with van der Waals surface area (Å²) in [4.78, 5) is 25.4. The number of hydrogen-bond donors (Lipinski definition) is 1. The molecular weight excluding hydrogens is 428 g/mol. The van der Waals surface area contributed by atoms with Crippen molar-refractivity contribution in [3.63, 3.8) is 0 Å². The van der Waals surface area contributed by atoms with Gasteiger partial charge in [-0.25, -0.2) is 4.79 Å². The zero-order valence-corrected chi connectivity index (χ0v) is 13.8. The Hall–Kier alpha value is -1.36. The summed E-state index contributed by atoms with van der Waals surface area (Å²) in [6.45, 7) is 0.308. The second-order valence-electron chi connectivity index (χ2n) is 5.37. The van der Waals surface area contributed by atoms with Gasteiger partial charge in [-0.2, -0.15) is 13.2 Å². The standard InChI is InChI=1S/C14H12F3IN2O3/c15-14(16,17)7-1-2-8(18)9(5-7)19-13(22)20-4-3-11-12(20)10(21)6-23-11/h1-2,5,11-12H,3-4,6H2,(H,19,22)/t11-,12-/m1/s1. The van der Waals surface area contributed by atoms with Crippen LogP contribution >= 0.6 is 22.6 Å². The zero-order chi connectivity index (χ0) is 16.8. The van der Waals surface area contributed by atoms with Crippen LogP contribution in [0, 0.1) is 3.57 Å². The second kappa shape index (κ2) is 5.93. The molecule has 1 aromatic rings. The fraction of sp³-hybridized carbons (Fsp3) is 0.429. The monoisotopic (exact) mass is 440 g/mol. The number of ketones is 1. The molecule has 2 atom stereocenters. The van der Waals surface area contributed by atoms with Gasteiger partial charge in [-0.05, 0) is 47.2 Å². The topological polar surface area (TPSA) is 58.6 Å². The van der Waals surface area contributed by atoms with Crippen LogP contribution in [0.2, 0.25) is 0 Å². The van der Waals surface area contributed by atoms with E-state index in [9.17, 15) is 22.8 Å². The van der Waals surface area contributed by atoms with Crippen LogP contribution < -0.4 is 5.32 Å². The molecule has 1 aromatic carbocycles. The third-order valence-electron chi connectivity index (χ3n) is 3.91. The van der Waals surface area contributed by atoms with Gasteiger partial charge < -0.3 is 15.0 Å². The van der Waals surface area contributed by atoms with Crippen molar-refractivity contribution in [2.24, 2.45) is 0 Å². The first-order chi connectivity index (χ1) is 10.8. The Bertz CT molecular complexity index is 665. The van der Waals surface area contributed by atoms with E-state index in [0.717, 1.165) is 12.1 Å². The smallest absolute Gasteiger partial charge is 0.368 e. The lowest BCUT2D eigenvalue weighted by Gasteiger charge is -2.22. The molecule has 0 aliphatic carbocycles. The molecule has 2 aliphatic heterocycles. The number of likely N-dealkylation sites (tertiary alicyclic amines) is 1. The van der Waals surface area contributed by atoms with Crippen LogP contribution in [0.5, 0.6) is 0 Å². The molecule has 0 bridgehead atoms. The summed E-state index contributed by atoms with van der Waals surface area (Å²) < 4.78 is 44.1. The first kappa shape index (κ1) is 16.5. The number of Topliss-reactive ketones (excluding diaryl/α,β-unsaturated/α-hetero) is 1. The van der Waals surface area contributed by atoms with Crippen molar-refractivity contribution in [3.8, 4) is 0 Å². The summed E-state index contributed by atoms with van der Waals surface area (Å²) in [7, 11) is 0. The number of fused-ring (bicyclic) bond motifs is 1. The molecule has 23 heavy (non-hydrogen) atoms. The third kappa shape index (κ3) is 3.16. The van der Waals surface area contributed by atoms with Gasteiger partial charge >= 0.3 is 12.2 Å². The summed E-state index contributed by atoms with van der Waals surface area (Å²) in [6.07, 6.45) is -4.25. The fourth-order valence-corrected chi connectivity index (χ4v) is 3.28. The van der Waals surface area contributed by atoms with E-state index in [1.54, 1.807) is 0 Å². The largest absolute Gasteiger partial charge is 0.416 e. The van der Waals surface area contributed by atoms with E-state index in [4.69, 9.17) is 4.74 Å². The number of hydrogen-bond acceptors (Lipinski definition) is 3. The summed E-state index contributed by atoms with van der Waals surface area (Å²) >= 11 is 1.84. The predicted octanol–water partition coefficient (Wildman–Crippen LogP) is 2.88. The maximum atomic E-state index is 12.8. The summed E-state index contributed by atoms with van der Waals surface area (Å²) in [5, 5.41) is 2.47. The molecule has 124 valence electrons. The molecule has 2 saturated heterocycles. The maximum Gasteiger partial charge on any atom is 0.416 e. The number of carbonyl (C=O) groups excluding carboxylic acids is 2. The van der Waals surface area contributed by atoms with E-state index in [0.29, 0.717) is 16.5 Å². The minimum absolute atomic E-state index is 0.0276. The maximum absolute atomic E-state index is 12.8. The lowest BCUT2D eigenvalue weighted by molar-refractivity contribution is -0.137. The van der Waals surface area contributed by atoms with Crippen molar-refractivity contribution >= 4 is 40.1 Å². The predicted molar refractivity (Wildman–Crippen MR) is 83.0 cm³/mol. The van der Waals surface area contributed by atoms with Gasteiger partial charge in [0.2, 0.25) is 0 Å². The molecule has 2 fully saturated rings. The molecule has 0 radical (unpaired) electrons. The van der Waals surface area contributed by atoms with Crippen LogP contribution in [0.15, 0.2) is 18.2 Å². The molecule has 5 nitrogen and oxygen atoms in total. The number of nitrogens with one attached hydrogen (secondary N) is 1. The van der Waals surface area contributed by atoms with Crippen LogP contribution in [0.25, 0.3) is 0 Å². The van der Waals surface area contributed by atoms with E-state index < -0.39 is 23.8 Å². The highest BCUT2D eigenvalue weighted by Crippen LogP contribution is 2.33. The number of ether oxygens (including phenoxy) is 1. The van der Waals surface area contributed by atoms with Gasteiger partial charge in [0, 0.05) is 10.1 Å². The highest BCUT2D eigenvalue weighted by atomic mass is 127. The van der Waals surface area contributed by atoms with E-state index in [-0.39, 0.29) is 24.2 Å². The van der Waals surface area contributed by atoms with Crippen LogP contribution in [0.4, 0.5) is 23.7 Å². The Balaban J connectivity index is 1.79. The minimum atomic E-state index is -4.49. The van der Waals surface area contributed by atoms with Crippen LogP contribution in [0.1, 0.15) is 12.0 Å². The van der Waals surface area contributed by atoms with Crippen molar-refractivity contribution in [3.05, 3.63) is 27.3 Å². The number of halogens is 4. The molecule has 0 saturated carbocycles. The van der Waals surface area contributed by atoms with Crippen molar-refractivity contribution in [2.75, 3.05) is 18.5 Å². The molecule has 0 aromatic heterocycles. The Morgan fingerprint density at radius 2 is 2.13 bits per heavy atom. The average Bonchev–Trinajstić information content (AvgIpc) is 3.03. The Morgan fingerprint density at radius 1 is 1.39 bits per heavy atom. The average molecular weight is 440 g/mol. The number of urea groups is 1. The Kier molecular flexibility index (Phi) is 4.25. The van der Waals surface area contributed by atoms with Gasteiger partial charge in [-0.1, -0.05) is 0 Å². The molecule has 9 heteroatoms. The van der Waals surface area contributed by atoms with Gasteiger partial charge in [0.1, 0.15) is 12.6 Å². The SMILES string of the molecule is O=C1CO[C@@H]2CCN(C(=O)Nc3cc(C(F)(F)F)ccc3I)[C@H]12. The summed E-state index contributed by atoms with van der Waals surface area (Å²) in [5.74, 6) is -0.179. The first-order valence-corrected chi connectivity index (χ1v) is 7.94. The molecule has 2 amide bonds. The number of anilines is 1. The molecule has 2 aliphatic rings. The number of carbonyl (C=O) groups is 2. The molecule has 1 N–H and O–H groups in total. The number of alkyl halides is 3. The fourth-order valence-electron chi connectivity index (χ4n) is 2.81. The highest BCUT2D eigenvalue weighted by Gasteiger charge is 2.46. The Labute approximate surface area is 143 Å². The number of rotatable bonds is 1. The summed E-state index contributed by atoms with van der Waals surface area (Å²) in [6, 6.07) is 1.90. The van der Waals surface area contributed by atoms with Crippen molar-refractivity contribution < 1.29 is 27.5 Å². The van der Waals surface area contributed by atoms with Crippen molar-refractivity contribution in [2.45, 2.75) is 24.7 Å². The molecule has 3 rings (SSSR count). The minimum Gasteiger partial charge on any atom is -0.368 e. The van der Waals surface area contributed by atoms with E-state index in [1.165, 1.54) is 11.0 Å². The highest BCUT2D eigenvalue weighted by molar-refractivity contribution is 14.1. The molecule has 0 spiro atoms. The van der Waals surface area contributed by atoms with E-state index >= 15 is 0 Å². The van der Waals surface area contributed by atoms with Crippen LogP contribution in [0.3, 0.4) is 0 Å². The quantitative estimate of drug-likeness (QED) is 0.684. The number of benzene rings is 1. The molecule has 2 heterocycles. The zero-order valence-electron chi connectivity index (χ0n) is 11.7. The lowest BCUT2D eigenvalue weighted by Crippen LogP contribution is -2.44. The van der Waals surface area contributed by atoms with Gasteiger partial charge in [-0.15, -0.1) is 0 Å². The molecular formula is C14H12F3IN2O3. The normalized spacial score (nSPS) is 24.0. The number of amides is 2. The van der Waals surface area contributed by atoms with E-state index in [2.05, 4.69) is 5.32 Å². The van der Waals surface area contributed by atoms with Gasteiger partial charge in [0.05, 0.1) is 17.4 Å². The van der Waals surface area contributed by atoms with Crippen molar-refractivity contribution in [1.82, 2.24) is 4.90 Å². The van der Waals surface area contributed by atoms with Crippen molar-refractivity contribution in [1.29, 1.82) is 0 Å². The first-order valence-electron chi connectivity index (χ1n) is 6.86.